The molecule has 2 rings (SSSR count). The van der Waals surface area contributed by atoms with Gasteiger partial charge in [-0.05, 0) is 20.3 Å². The first kappa shape index (κ1) is 25.1. The average molecular weight is 450 g/mol. The summed E-state index contributed by atoms with van der Waals surface area (Å²) in [7, 11) is 0. The summed E-state index contributed by atoms with van der Waals surface area (Å²) in [5, 5.41) is 58.7. The van der Waals surface area contributed by atoms with E-state index in [1.165, 1.54) is 20.1 Å². The number of hydrogen-bond donors (Lipinski definition) is 2. The number of aliphatic imine (C=N–C) groups is 4. The molecule has 2 aliphatic rings. The molecule has 0 spiro atoms. The maximum atomic E-state index is 9.48. The molecule has 34 heavy (non-hydrogen) atoms. The second kappa shape index (κ2) is 11.5. The van der Waals surface area contributed by atoms with Crippen molar-refractivity contribution in [1.29, 1.82) is 31.6 Å². The molecule has 0 radical (unpaired) electrons. The molecule has 4 unspecified atom stereocenters. The van der Waals surface area contributed by atoms with Gasteiger partial charge in [0.05, 0.1) is 48.0 Å². The molecule has 0 saturated heterocycles. The van der Waals surface area contributed by atoms with E-state index < -0.39 is 24.0 Å². The molecule has 166 valence electrons. The van der Waals surface area contributed by atoms with Crippen LogP contribution in [0.3, 0.4) is 0 Å². The van der Waals surface area contributed by atoms with Gasteiger partial charge in [-0.2, -0.15) is 31.6 Å². The summed E-state index contributed by atoms with van der Waals surface area (Å²) in [5.74, 6) is -0.786. The van der Waals surface area contributed by atoms with Crippen molar-refractivity contribution >= 4 is 23.3 Å². The zero-order valence-electron chi connectivity index (χ0n) is 18.4. The fraction of sp³-hybridized carbons (Fsp3) is 0.364. The Morgan fingerprint density at radius 1 is 1.15 bits per heavy atom. The fourth-order valence-electron chi connectivity index (χ4n) is 3.14. The molecule has 0 aromatic heterocycles. The highest BCUT2D eigenvalue weighted by Gasteiger charge is 2.36. The van der Waals surface area contributed by atoms with Gasteiger partial charge in [0.2, 0.25) is 0 Å². The Morgan fingerprint density at radius 3 is 2.38 bits per heavy atom. The van der Waals surface area contributed by atoms with E-state index in [0.717, 1.165) is 0 Å². The Bertz CT molecular complexity index is 1300. The summed E-state index contributed by atoms with van der Waals surface area (Å²) >= 11 is 0. The third-order valence-electron chi connectivity index (χ3n) is 4.75. The Morgan fingerprint density at radius 2 is 1.82 bits per heavy atom. The maximum Gasteiger partial charge on any atom is 0.167 e. The van der Waals surface area contributed by atoms with Crippen molar-refractivity contribution in [3.8, 4) is 36.4 Å². The predicted octanol–water partition coefficient (Wildman–Crippen LogP) is 1.06. The topological polar surface area (TPSA) is 230 Å². The van der Waals surface area contributed by atoms with E-state index >= 15 is 0 Å². The molecule has 3 N–H and O–H groups in total. The molecule has 1 aliphatic heterocycles. The summed E-state index contributed by atoms with van der Waals surface area (Å²) in [6.07, 6.45) is 1.35. The zero-order valence-corrected chi connectivity index (χ0v) is 18.4. The van der Waals surface area contributed by atoms with Crippen LogP contribution in [0.4, 0.5) is 0 Å². The molecule has 12 nitrogen and oxygen atoms in total. The molecular formula is C22H18N12. The second-order valence-electron chi connectivity index (χ2n) is 7.18. The van der Waals surface area contributed by atoms with Crippen LogP contribution in [-0.4, -0.2) is 41.5 Å². The van der Waals surface area contributed by atoms with Crippen LogP contribution in [0.1, 0.15) is 26.7 Å². The van der Waals surface area contributed by atoms with Crippen molar-refractivity contribution in [3.63, 3.8) is 0 Å². The lowest BCUT2D eigenvalue weighted by Gasteiger charge is -2.25. The van der Waals surface area contributed by atoms with Crippen molar-refractivity contribution in [3.05, 3.63) is 22.8 Å². The van der Waals surface area contributed by atoms with E-state index in [1.54, 1.807) is 0 Å². The third-order valence-corrected chi connectivity index (χ3v) is 4.75. The maximum absolute atomic E-state index is 9.48. The number of rotatable bonds is 5. The average Bonchev–Trinajstić information content (AvgIpc) is 2.95. The summed E-state index contributed by atoms with van der Waals surface area (Å²) in [5.41, 5.74) is 7.01. The van der Waals surface area contributed by atoms with E-state index in [-0.39, 0.29) is 47.1 Å². The van der Waals surface area contributed by atoms with Crippen LogP contribution in [-0.2, 0) is 0 Å². The first-order valence-corrected chi connectivity index (χ1v) is 9.93. The van der Waals surface area contributed by atoms with Gasteiger partial charge in [0, 0.05) is 12.3 Å². The summed E-state index contributed by atoms with van der Waals surface area (Å²) in [6, 6.07) is 8.89. The minimum absolute atomic E-state index is 0.0397. The minimum Gasteiger partial charge on any atom is -0.365 e. The van der Waals surface area contributed by atoms with Crippen molar-refractivity contribution < 1.29 is 0 Å². The lowest BCUT2D eigenvalue weighted by Crippen LogP contribution is -2.44. The molecule has 0 amide bonds. The largest absolute Gasteiger partial charge is 0.365 e. The van der Waals surface area contributed by atoms with Crippen LogP contribution in [0, 0.1) is 73.9 Å². The Labute approximate surface area is 196 Å². The van der Waals surface area contributed by atoms with Crippen LogP contribution < -0.4 is 11.1 Å². The minimum atomic E-state index is -1.04. The SMILES string of the molecule is C/C(C#N)=N\C1=C(/N=C(\C)C#N)C(/N=C\C(C#N)CC#N)CC(N)C2=C1N=C(C#N)C(C#N)N2. The van der Waals surface area contributed by atoms with Crippen LogP contribution in [0.15, 0.2) is 42.8 Å². The van der Waals surface area contributed by atoms with Crippen molar-refractivity contribution in [1.82, 2.24) is 5.32 Å². The van der Waals surface area contributed by atoms with Gasteiger partial charge in [-0.1, -0.05) is 0 Å². The summed E-state index contributed by atoms with van der Waals surface area (Å²) in [4.78, 5) is 17.4. The molecular weight excluding hydrogens is 432 g/mol. The third kappa shape index (κ3) is 5.56. The van der Waals surface area contributed by atoms with Crippen LogP contribution in [0.2, 0.25) is 0 Å². The van der Waals surface area contributed by atoms with E-state index in [2.05, 4.69) is 25.3 Å². The highest BCUT2D eigenvalue weighted by molar-refractivity contribution is 6.06. The Hall–Kier alpha value is -5.14. The number of nitriles is 6. The van der Waals surface area contributed by atoms with E-state index in [9.17, 15) is 26.3 Å². The molecule has 0 bridgehead atoms. The van der Waals surface area contributed by atoms with Crippen molar-refractivity contribution in [2.24, 2.45) is 31.6 Å². The number of hydrogen-bond acceptors (Lipinski definition) is 12. The lowest BCUT2D eigenvalue weighted by atomic mass is 10.0. The highest BCUT2D eigenvalue weighted by atomic mass is 15.1. The molecule has 4 atom stereocenters. The van der Waals surface area contributed by atoms with E-state index in [1.807, 2.05) is 36.4 Å². The molecule has 0 aromatic rings. The Kier molecular flexibility index (Phi) is 8.48. The number of nitrogens with two attached hydrogens (primary N) is 1. The number of nitrogens with one attached hydrogen (secondary N) is 1. The van der Waals surface area contributed by atoms with Gasteiger partial charge in [0.25, 0.3) is 0 Å². The first-order chi connectivity index (χ1) is 16.3. The molecule has 0 aromatic carbocycles. The number of nitrogens with zero attached hydrogens (tertiary/aromatic N) is 10. The quantitative estimate of drug-likeness (QED) is 0.573. The second-order valence-corrected chi connectivity index (χ2v) is 7.18. The van der Waals surface area contributed by atoms with Gasteiger partial charge in [0.15, 0.2) is 11.8 Å². The zero-order chi connectivity index (χ0) is 25.3. The van der Waals surface area contributed by atoms with Gasteiger partial charge >= 0.3 is 0 Å². The molecule has 0 fully saturated rings. The van der Waals surface area contributed by atoms with Gasteiger partial charge in [-0.15, -0.1) is 0 Å². The van der Waals surface area contributed by atoms with Gasteiger partial charge in [0.1, 0.15) is 41.0 Å². The van der Waals surface area contributed by atoms with Crippen LogP contribution >= 0.6 is 0 Å². The van der Waals surface area contributed by atoms with Gasteiger partial charge in [-0.3, -0.25) is 4.99 Å². The predicted molar refractivity (Wildman–Crippen MR) is 121 cm³/mol. The Balaban J connectivity index is 2.89. The van der Waals surface area contributed by atoms with Crippen molar-refractivity contribution in [2.45, 2.75) is 44.8 Å². The molecule has 12 heteroatoms. The first-order valence-electron chi connectivity index (χ1n) is 9.93. The summed E-state index contributed by atoms with van der Waals surface area (Å²) < 4.78 is 0. The van der Waals surface area contributed by atoms with Crippen LogP contribution in [0.25, 0.3) is 0 Å². The van der Waals surface area contributed by atoms with Gasteiger partial charge in [-0.25, -0.2) is 15.0 Å². The normalized spacial score (nSPS) is 23.6. The molecule has 0 saturated carbocycles. The smallest absolute Gasteiger partial charge is 0.167 e. The molecule has 1 aliphatic carbocycles. The van der Waals surface area contributed by atoms with E-state index in [0.29, 0.717) is 5.70 Å². The highest BCUT2D eigenvalue weighted by Crippen LogP contribution is 2.34. The standard InChI is InChI=1S/C22H18N12/c1-12(6-24)31-20-16(30-11-14(8-26)3-4-23)5-15(29)19-21(22(20)32-13(2)7-25)34-18(10-28)17(9-27)33-19/h11,14-17,33H,3,5,29H2,1-2H3/b30-11-,31-12+,32-13+. The van der Waals surface area contributed by atoms with E-state index in [4.69, 9.17) is 11.0 Å². The fourth-order valence-corrected chi connectivity index (χ4v) is 3.14. The van der Waals surface area contributed by atoms with Crippen LogP contribution in [0.5, 0.6) is 0 Å². The van der Waals surface area contributed by atoms with Gasteiger partial charge < -0.3 is 11.1 Å². The monoisotopic (exact) mass is 450 g/mol. The van der Waals surface area contributed by atoms with Crippen molar-refractivity contribution in [2.75, 3.05) is 0 Å². The lowest BCUT2D eigenvalue weighted by molar-refractivity contribution is 0.577. The summed E-state index contributed by atoms with van der Waals surface area (Å²) in [6.45, 7) is 2.92. The molecule has 1 heterocycles.